The molecule has 0 bridgehead atoms. The van der Waals surface area contributed by atoms with E-state index in [-0.39, 0.29) is 24.2 Å². The van der Waals surface area contributed by atoms with Gasteiger partial charge < -0.3 is 4.43 Å². The molecule has 1 aliphatic heterocycles. The van der Waals surface area contributed by atoms with Crippen molar-refractivity contribution in [2.45, 2.75) is 84.0 Å². The van der Waals surface area contributed by atoms with Gasteiger partial charge in [0.2, 0.25) is 6.41 Å². The zero-order chi connectivity index (χ0) is 22.7. The summed E-state index contributed by atoms with van der Waals surface area (Å²) in [6, 6.07) is 8.42. The van der Waals surface area contributed by atoms with E-state index in [0.29, 0.717) is 6.41 Å². The Balaban J connectivity index is 2.17. The summed E-state index contributed by atoms with van der Waals surface area (Å²) in [6.45, 7) is 16.8. The van der Waals surface area contributed by atoms with Gasteiger partial charge in [0.05, 0.1) is 12.2 Å². The van der Waals surface area contributed by atoms with E-state index in [2.05, 4.69) is 33.9 Å². The number of hydrogen-bond donors (Lipinski definition) is 0. The Morgan fingerprint density at radius 3 is 2.20 bits per heavy atom. The molecule has 0 unspecified atom stereocenters. The van der Waals surface area contributed by atoms with E-state index in [4.69, 9.17) is 14.1 Å². The highest BCUT2D eigenvalue weighted by Gasteiger charge is 2.54. The van der Waals surface area contributed by atoms with Crippen molar-refractivity contribution in [2.24, 2.45) is 0 Å². The third-order valence-electron chi connectivity index (χ3n) is 5.53. The first-order valence-electron chi connectivity index (χ1n) is 10.3. The van der Waals surface area contributed by atoms with Crippen LogP contribution in [-0.4, -0.2) is 55.1 Å². The number of amides is 2. The lowest BCUT2D eigenvalue weighted by Crippen LogP contribution is -2.72. The van der Waals surface area contributed by atoms with Crippen molar-refractivity contribution in [3.05, 3.63) is 35.9 Å². The minimum Gasteiger partial charge on any atom is -0.415 e. The Bertz CT molecular complexity index is 727. The van der Waals surface area contributed by atoms with Crippen molar-refractivity contribution < 1.29 is 23.7 Å². The van der Waals surface area contributed by atoms with E-state index < -0.39 is 26.0 Å². The Kier molecular flexibility index (Phi) is 7.50. The van der Waals surface area contributed by atoms with Crippen LogP contribution in [0.1, 0.15) is 47.1 Å². The summed E-state index contributed by atoms with van der Waals surface area (Å²) < 4.78 is 6.35. The minimum absolute atomic E-state index is 0.0260. The topological polar surface area (TPSA) is 68.3 Å². The minimum atomic E-state index is -2.05. The Morgan fingerprint density at radius 2 is 1.70 bits per heavy atom. The fourth-order valence-corrected chi connectivity index (χ4v) is 3.81. The Morgan fingerprint density at radius 1 is 1.10 bits per heavy atom. The van der Waals surface area contributed by atoms with Gasteiger partial charge in [0.15, 0.2) is 14.4 Å². The van der Waals surface area contributed by atoms with Crippen molar-refractivity contribution >= 4 is 20.6 Å². The van der Waals surface area contributed by atoms with Gasteiger partial charge in [-0.15, -0.1) is 0 Å². The summed E-state index contributed by atoms with van der Waals surface area (Å²) in [5.74, 6) is -0.314. The molecule has 0 radical (unpaired) electrons. The second kappa shape index (κ2) is 9.17. The second-order valence-corrected chi connectivity index (χ2v) is 15.0. The molecule has 1 aliphatic rings. The lowest BCUT2D eigenvalue weighted by atomic mass is 9.99. The van der Waals surface area contributed by atoms with Gasteiger partial charge in [0.25, 0.3) is 5.91 Å². The number of nitrogens with zero attached hydrogens (tertiary/aromatic N) is 2. The maximum absolute atomic E-state index is 12.9. The first-order valence-corrected chi connectivity index (χ1v) is 13.2. The van der Waals surface area contributed by atoms with Crippen LogP contribution in [0.3, 0.4) is 0 Å². The Labute approximate surface area is 181 Å². The normalized spacial score (nSPS) is 20.1. The SMILES string of the molecule is CC(C)(C)ON(C=O)[C@@H]1C(=O)N(OCc2ccccc2)[C@@H]1CO[Si](C)(C)C(C)(C)C. The molecule has 2 amide bonds. The highest BCUT2D eigenvalue weighted by Crippen LogP contribution is 2.38. The van der Waals surface area contributed by atoms with Gasteiger partial charge in [-0.2, -0.15) is 0 Å². The maximum Gasteiger partial charge on any atom is 0.274 e. The largest absolute Gasteiger partial charge is 0.415 e. The fraction of sp³-hybridized carbons (Fsp3) is 0.636. The zero-order valence-corrected chi connectivity index (χ0v) is 20.5. The van der Waals surface area contributed by atoms with Crippen LogP contribution >= 0.6 is 0 Å². The smallest absolute Gasteiger partial charge is 0.274 e. The number of carbonyl (C=O) groups is 2. The third-order valence-corrected chi connectivity index (χ3v) is 10.0. The van der Waals surface area contributed by atoms with Crippen LogP contribution in [0.4, 0.5) is 0 Å². The van der Waals surface area contributed by atoms with Crippen LogP contribution in [0, 0.1) is 0 Å². The van der Waals surface area contributed by atoms with E-state index in [0.717, 1.165) is 10.6 Å². The molecule has 8 heteroatoms. The molecule has 2 atom stereocenters. The number of benzene rings is 1. The van der Waals surface area contributed by atoms with Crippen molar-refractivity contribution in [3.8, 4) is 0 Å². The van der Waals surface area contributed by atoms with Crippen LogP contribution in [0.15, 0.2) is 30.3 Å². The standard InChI is InChI=1S/C22H36N2O5Si/c1-21(2,3)29-23(16-25)19-18(15-28-30(7,8)22(4,5)6)24(20(19)26)27-14-17-12-10-9-11-13-17/h9-13,16,18-19H,14-15H2,1-8H3/t18-,19+/m1/s1. The molecule has 2 rings (SSSR count). The molecule has 0 spiro atoms. The van der Waals surface area contributed by atoms with Crippen LogP contribution in [0.2, 0.25) is 18.1 Å². The molecular weight excluding hydrogens is 400 g/mol. The van der Waals surface area contributed by atoms with Crippen LogP contribution in [0.5, 0.6) is 0 Å². The summed E-state index contributed by atoms with van der Waals surface area (Å²) in [7, 11) is -2.05. The van der Waals surface area contributed by atoms with Crippen molar-refractivity contribution in [1.82, 2.24) is 10.1 Å². The number of hydroxylamine groups is 4. The molecule has 1 heterocycles. The lowest BCUT2D eigenvalue weighted by Gasteiger charge is -2.50. The van der Waals surface area contributed by atoms with Gasteiger partial charge in [-0.25, -0.2) is 10.1 Å². The molecule has 0 aliphatic carbocycles. The van der Waals surface area contributed by atoms with E-state index in [1.54, 1.807) is 0 Å². The molecule has 1 aromatic carbocycles. The average molecular weight is 437 g/mol. The van der Waals surface area contributed by atoms with Crippen LogP contribution in [0.25, 0.3) is 0 Å². The van der Waals surface area contributed by atoms with E-state index in [9.17, 15) is 9.59 Å². The number of rotatable bonds is 9. The molecular formula is C22H36N2O5Si. The monoisotopic (exact) mass is 436 g/mol. The molecule has 1 saturated heterocycles. The van der Waals surface area contributed by atoms with E-state index >= 15 is 0 Å². The second-order valence-electron chi connectivity index (χ2n) is 10.2. The number of carbonyl (C=O) groups excluding carboxylic acids is 2. The van der Waals surface area contributed by atoms with Crippen molar-refractivity contribution in [1.29, 1.82) is 0 Å². The van der Waals surface area contributed by atoms with Gasteiger partial charge in [0.1, 0.15) is 12.6 Å². The molecule has 168 valence electrons. The predicted octanol–water partition coefficient (Wildman–Crippen LogP) is 3.91. The quantitative estimate of drug-likeness (QED) is 0.254. The fourth-order valence-electron chi connectivity index (χ4n) is 2.79. The Hall–Kier alpha value is -1.74. The van der Waals surface area contributed by atoms with E-state index in [1.807, 2.05) is 51.1 Å². The van der Waals surface area contributed by atoms with E-state index in [1.165, 1.54) is 5.06 Å². The summed E-state index contributed by atoms with van der Waals surface area (Å²) >= 11 is 0. The molecule has 30 heavy (non-hydrogen) atoms. The molecule has 0 saturated carbocycles. The van der Waals surface area contributed by atoms with Gasteiger partial charge >= 0.3 is 0 Å². The molecule has 7 nitrogen and oxygen atoms in total. The average Bonchev–Trinajstić information content (AvgIpc) is 2.63. The first-order chi connectivity index (χ1) is 13.8. The van der Waals surface area contributed by atoms with Gasteiger partial charge in [0, 0.05) is 0 Å². The number of β-lactam (4-membered cyclic amide) rings is 1. The molecule has 0 aromatic heterocycles. The van der Waals surface area contributed by atoms with Crippen molar-refractivity contribution in [3.63, 3.8) is 0 Å². The number of hydrogen-bond acceptors (Lipinski definition) is 5. The maximum atomic E-state index is 12.9. The van der Waals surface area contributed by atoms with Crippen LogP contribution in [-0.2, 0) is 30.3 Å². The zero-order valence-electron chi connectivity index (χ0n) is 19.5. The predicted molar refractivity (Wildman–Crippen MR) is 118 cm³/mol. The summed E-state index contributed by atoms with van der Waals surface area (Å²) in [5.41, 5.74) is 0.341. The summed E-state index contributed by atoms with van der Waals surface area (Å²) in [5, 5.41) is 2.45. The first kappa shape index (κ1) is 24.5. The highest BCUT2D eigenvalue weighted by molar-refractivity contribution is 6.74. The molecule has 1 fully saturated rings. The third kappa shape index (κ3) is 5.91. The highest BCUT2D eigenvalue weighted by atomic mass is 28.4. The van der Waals surface area contributed by atoms with Gasteiger partial charge in [-0.3, -0.25) is 19.3 Å². The van der Waals surface area contributed by atoms with Crippen LogP contribution < -0.4 is 0 Å². The van der Waals surface area contributed by atoms with Gasteiger partial charge in [-0.1, -0.05) is 51.1 Å². The lowest BCUT2D eigenvalue weighted by molar-refractivity contribution is -0.297. The molecule has 0 N–H and O–H groups in total. The van der Waals surface area contributed by atoms with Gasteiger partial charge in [-0.05, 0) is 44.5 Å². The van der Waals surface area contributed by atoms with Crippen molar-refractivity contribution in [2.75, 3.05) is 6.61 Å². The summed E-state index contributed by atoms with van der Waals surface area (Å²) in [6.07, 6.45) is 0.557. The summed E-state index contributed by atoms with van der Waals surface area (Å²) in [4.78, 5) is 36.1. The molecule has 1 aromatic rings.